The Morgan fingerprint density at radius 2 is 2.19 bits per heavy atom. The highest BCUT2D eigenvalue weighted by atomic mass is 16.5. The number of aliphatic hydroxyl groups excluding tert-OH is 1. The lowest BCUT2D eigenvalue weighted by Crippen LogP contribution is -2.39. The van der Waals surface area contributed by atoms with E-state index in [0.29, 0.717) is 13.0 Å². The fourth-order valence-electron chi connectivity index (χ4n) is 2.38. The summed E-state index contributed by atoms with van der Waals surface area (Å²) in [5, 5.41) is 13.1. The van der Waals surface area contributed by atoms with Crippen LogP contribution < -0.4 is 10.1 Å². The number of aliphatic hydroxyl groups is 1. The predicted octanol–water partition coefficient (Wildman–Crippen LogP) is 3.12. The van der Waals surface area contributed by atoms with Crippen LogP contribution in [0.5, 0.6) is 5.75 Å². The first-order valence-corrected chi connectivity index (χ1v) is 7.58. The average molecular weight is 291 g/mol. The van der Waals surface area contributed by atoms with Crippen LogP contribution >= 0.6 is 0 Å². The molecule has 0 bridgehead atoms. The number of ether oxygens (including phenoxy) is 1. The highest BCUT2D eigenvalue weighted by Gasteiger charge is 2.28. The molecule has 1 heterocycles. The van der Waals surface area contributed by atoms with Crippen LogP contribution in [0.15, 0.2) is 18.2 Å². The van der Waals surface area contributed by atoms with Gasteiger partial charge in [-0.1, -0.05) is 33.8 Å². The summed E-state index contributed by atoms with van der Waals surface area (Å²) in [7, 11) is 0. The zero-order chi connectivity index (χ0) is 15.6. The van der Waals surface area contributed by atoms with Gasteiger partial charge in [-0.2, -0.15) is 0 Å². The number of hydrogen-bond donors (Lipinski definition) is 2. The minimum Gasteiger partial charge on any atom is -0.493 e. The van der Waals surface area contributed by atoms with E-state index in [1.165, 1.54) is 0 Å². The Morgan fingerprint density at radius 3 is 2.81 bits per heavy atom. The van der Waals surface area contributed by atoms with E-state index in [4.69, 9.17) is 4.74 Å². The molecule has 116 valence electrons. The first-order valence-electron chi connectivity index (χ1n) is 7.58. The number of nitrogens with one attached hydrogen (secondary N) is 1. The van der Waals surface area contributed by atoms with E-state index < -0.39 is 11.5 Å². The molecule has 4 nitrogen and oxygen atoms in total. The summed E-state index contributed by atoms with van der Waals surface area (Å²) in [5.41, 5.74) is 1.42. The Balaban J connectivity index is 2.27. The highest BCUT2D eigenvalue weighted by Crippen LogP contribution is 2.35. The molecule has 0 aliphatic carbocycles. The Morgan fingerprint density at radius 1 is 1.48 bits per heavy atom. The average Bonchev–Trinajstić information content (AvgIpc) is 2.45. The van der Waals surface area contributed by atoms with Crippen LogP contribution in [0, 0.1) is 5.41 Å². The molecule has 2 rings (SSSR count). The first-order chi connectivity index (χ1) is 9.82. The Bertz CT molecular complexity index is 519. The van der Waals surface area contributed by atoms with Crippen LogP contribution in [-0.4, -0.2) is 17.6 Å². The van der Waals surface area contributed by atoms with Crippen molar-refractivity contribution >= 4 is 5.91 Å². The number of benzene rings is 1. The third-order valence-corrected chi connectivity index (χ3v) is 3.83. The lowest BCUT2D eigenvalue weighted by atomic mass is 9.92. The molecule has 0 saturated heterocycles. The van der Waals surface area contributed by atoms with E-state index in [-0.39, 0.29) is 11.9 Å². The summed E-state index contributed by atoms with van der Waals surface area (Å²) in [4.78, 5) is 12.2. The number of amides is 1. The van der Waals surface area contributed by atoms with E-state index in [1.807, 2.05) is 45.9 Å². The summed E-state index contributed by atoms with van der Waals surface area (Å²) >= 11 is 0. The second kappa shape index (κ2) is 6.06. The van der Waals surface area contributed by atoms with Crippen molar-refractivity contribution in [2.24, 2.45) is 5.41 Å². The molecule has 1 aliphatic rings. The normalized spacial score (nSPS) is 19.4. The van der Waals surface area contributed by atoms with Crippen molar-refractivity contribution in [3.8, 4) is 5.75 Å². The molecule has 1 aromatic rings. The predicted molar refractivity (Wildman–Crippen MR) is 82.1 cm³/mol. The summed E-state index contributed by atoms with van der Waals surface area (Å²) < 4.78 is 5.66. The Kier molecular flexibility index (Phi) is 4.57. The van der Waals surface area contributed by atoms with Crippen LogP contribution in [0.25, 0.3) is 0 Å². The van der Waals surface area contributed by atoms with Gasteiger partial charge in [-0.25, -0.2) is 0 Å². The highest BCUT2D eigenvalue weighted by molar-refractivity contribution is 5.81. The van der Waals surface area contributed by atoms with E-state index >= 15 is 0 Å². The van der Waals surface area contributed by atoms with Gasteiger partial charge in [0.2, 0.25) is 5.91 Å². The van der Waals surface area contributed by atoms with Gasteiger partial charge in [-0.15, -0.1) is 0 Å². The van der Waals surface area contributed by atoms with Crippen molar-refractivity contribution in [3.63, 3.8) is 0 Å². The topological polar surface area (TPSA) is 58.6 Å². The second-order valence-corrected chi connectivity index (χ2v) is 6.63. The van der Waals surface area contributed by atoms with Crippen LogP contribution in [0.2, 0.25) is 0 Å². The van der Waals surface area contributed by atoms with Crippen molar-refractivity contribution in [1.82, 2.24) is 5.32 Å². The van der Waals surface area contributed by atoms with Crippen molar-refractivity contribution in [3.05, 3.63) is 29.3 Å². The molecule has 1 aliphatic heterocycles. The quantitative estimate of drug-likeness (QED) is 0.899. The van der Waals surface area contributed by atoms with Gasteiger partial charge >= 0.3 is 0 Å². The van der Waals surface area contributed by atoms with Gasteiger partial charge in [-0.3, -0.25) is 4.79 Å². The summed E-state index contributed by atoms with van der Waals surface area (Å²) in [6.45, 7) is 8.25. The minimum absolute atomic E-state index is 0.0294. The van der Waals surface area contributed by atoms with Gasteiger partial charge < -0.3 is 15.2 Å². The van der Waals surface area contributed by atoms with E-state index in [0.717, 1.165) is 23.3 Å². The standard InChI is InChI=1S/C17H25NO3/c1-5-14(19)11-6-7-15-12(10-11)13(8-9-21-15)18-16(20)17(2,3)4/h6-7,10,13-14,19H,5,8-9H2,1-4H3,(H,18,20). The van der Waals surface area contributed by atoms with E-state index in [9.17, 15) is 9.90 Å². The fourth-order valence-corrected chi connectivity index (χ4v) is 2.38. The van der Waals surface area contributed by atoms with E-state index in [2.05, 4.69) is 5.32 Å². The molecular weight excluding hydrogens is 266 g/mol. The fraction of sp³-hybridized carbons (Fsp3) is 0.588. The third-order valence-electron chi connectivity index (χ3n) is 3.83. The van der Waals surface area contributed by atoms with Gasteiger partial charge in [0, 0.05) is 17.4 Å². The first kappa shape index (κ1) is 15.8. The van der Waals surface area contributed by atoms with Gasteiger partial charge in [-0.05, 0) is 24.1 Å². The monoisotopic (exact) mass is 291 g/mol. The molecule has 1 aromatic carbocycles. The third kappa shape index (κ3) is 3.56. The van der Waals surface area contributed by atoms with Crippen LogP contribution in [0.1, 0.15) is 63.8 Å². The molecule has 4 heteroatoms. The molecular formula is C17H25NO3. The smallest absolute Gasteiger partial charge is 0.225 e. The molecule has 2 unspecified atom stereocenters. The zero-order valence-corrected chi connectivity index (χ0v) is 13.3. The largest absolute Gasteiger partial charge is 0.493 e. The SMILES string of the molecule is CCC(O)c1ccc2c(c1)C(NC(=O)C(C)(C)C)CCO2. The maximum absolute atomic E-state index is 12.2. The number of carbonyl (C=O) groups is 1. The van der Waals surface area contributed by atoms with Crippen molar-refractivity contribution in [2.45, 2.75) is 52.7 Å². The molecule has 0 fully saturated rings. The lowest BCUT2D eigenvalue weighted by molar-refractivity contribution is -0.129. The maximum atomic E-state index is 12.2. The van der Waals surface area contributed by atoms with Crippen molar-refractivity contribution in [2.75, 3.05) is 6.61 Å². The molecule has 2 atom stereocenters. The maximum Gasteiger partial charge on any atom is 0.225 e. The van der Waals surface area contributed by atoms with Crippen LogP contribution in [0.3, 0.4) is 0 Å². The molecule has 2 N–H and O–H groups in total. The molecule has 0 saturated carbocycles. The van der Waals surface area contributed by atoms with Crippen molar-refractivity contribution < 1.29 is 14.6 Å². The Hall–Kier alpha value is -1.55. The minimum atomic E-state index is -0.476. The molecule has 1 amide bonds. The number of carbonyl (C=O) groups excluding carboxylic acids is 1. The molecule has 0 radical (unpaired) electrons. The van der Waals surface area contributed by atoms with Crippen LogP contribution in [-0.2, 0) is 4.79 Å². The second-order valence-electron chi connectivity index (χ2n) is 6.63. The zero-order valence-electron chi connectivity index (χ0n) is 13.3. The molecule has 0 spiro atoms. The van der Waals surface area contributed by atoms with Crippen molar-refractivity contribution in [1.29, 1.82) is 0 Å². The van der Waals surface area contributed by atoms with Crippen LogP contribution in [0.4, 0.5) is 0 Å². The lowest BCUT2D eigenvalue weighted by Gasteiger charge is -2.30. The molecule has 0 aromatic heterocycles. The Labute approximate surface area is 126 Å². The number of hydrogen-bond acceptors (Lipinski definition) is 3. The number of rotatable bonds is 3. The van der Waals surface area contributed by atoms with E-state index in [1.54, 1.807) is 0 Å². The number of fused-ring (bicyclic) bond motifs is 1. The molecule has 21 heavy (non-hydrogen) atoms. The summed E-state index contributed by atoms with van der Waals surface area (Å²) in [5.74, 6) is 0.828. The van der Waals surface area contributed by atoms with Gasteiger partial charge in [0.05, 0.1) is 18.8 Å². The van der Waals surface area contributed by atoms with Gasteiger partial charge in [0.15, 0.2) is 0 Å². The van der Waals surface area contributed by atoms with Gasteiger partial charge in [0.25, 0.3) is 0 Å². The summed E-state index contributed by atoms with van der Waals surface area (Å²) in [6, 6.07) is 5.68. The van der Waals surface area contributed by atoms with Gasteiger partial charge in [0.1, 0.15) is 5.75 Å². The summed E-state index contributed by atoms with van der Waals surface area (Å²) in [6.07, 6.45) is 0.940.